The highest BCUT2D eigenvalue weighted by molar-refractivity contribution is 6.67. The number of hydrogen-bond donors (Lipinski definition) is 1. The number of hydrogen-bond acceptors (Lipinski definition) is 5. The maximum absolute atomic E-state index is 11.8. The lowest BCUT2D eigenvalue weighted by Crippen LogP contribution is -2.31. The van der Waals surface area contributed by atoms with Crippen molar-refractivity contribution in [3.63, 3.8) is 0 Å². The van der Waals surface area contributed by atoms with Crippen LogP contribution in [-0.2, 0) is 14.4 Å². The first kappa shape index (κ1) is 18.7. The molecule has 1 aromatic rings. The minimum absolute atomic E-state index is 0.477. The summed E-state index contributed by atoms with van der Waals surface area (Å²) >= 11 is 16.2. The molecule has 0 heterocycles. The Morgan fingerprint density at radius 2 is 1.82 bits per heavy atom. The molecule has 1 N–H and O–H groups in total. The van der Waals surface area contributed by atoms with Crippen LogP contribution in [0.4, 0.5) is 4.79 Å². The predicted octanol–water partition coefficient (Wildman–Crippen LogP) is 3.35. The van der Waals surface area contributed by atoms with Crippen molar-refractivity contribution < 1.29 is 23.9 Å². The van der Waals surface area contributed by atoms with E-state index in [1.807, 2.05) is 5.48 Å². The van der Waals surface area contributed by atoms with Crippen LogP contribution in [0.5, 0.6) is 5.75 Å². The van der Waals surface area contributed by atoms with Crippen LogP contribution >= 0.6 is 34.8 Å². The highest BCUT2D eigenvalue weighted by Crippen LogP contribution is 2.25. The summed E-state index contributed by atoms with van der Waals surface area (Å²) in [4.78, 5) is 27.7. The van der Waals surface area contributed by atoms with Crippen molar-refractivity contribution in [1.82, 2.24) is 5.48 Å². The third-order valence-corrected chi connectivity index (χ3v) is 2.90. The Labute approximate surface area is 142 Å². The molecule has 22 heavy (non-hydrogen) atoms. The fourth-order valence-corrected chi connectivity index (χ4v) is 1.55. The zero-order chi connectivity index (χ0) is 16.8. The van der Waals surface area contributed by atoms with Gasteiger partial charge in [-0.05, 0) is 24.6 Å². The average molecular weight is 371 g/mol. The van der Waals surface area contributed by atoms with Crippen LogP contribution < -0.4 is 10.2 Å². The molecule has 1 aromatic carbocycles. The minimum atomic E-state index is -1.74. The van der Waals surface area contributed by atoms with E-state index in [1.165, 1.54) is 0 Å². The first-order valence-electron chi connectivity index (χ1n) is 6.07. The van der Waals surface area contributed by atoms with Gasteiger partial charge in [-0.15, -0.1) is 5.48 Å². The zero-order valence-corrected chi connectivity index (χ0v) is 14.0. The van der Waals surface area contributed by atoms with Gasteiger partial charge in [0.25, 0.3) is 0 Å². The summed E-state index contributed by atoms with van der Waals surface area (Å²) < 4.78 is 7.82. The Kier molecular flexibility index (Phi) is 7.06. The van der Waals surface area contributed by atoms with Crippen LogP contribution in [0.3, 0.4) is 0 Å². The van der Waals surface area contributed by atoms with Gasteiger partial charge in [0, 0.05) is 0 Å². The van der Waals surface area contributed by atoms with Crippen LogP contribution in [0.1, 0.15) is 18.4 Å². The Morgan fingerprint density at radius 1 is 1.23 bits per heavy atom. The summed E-state index contributed by atoms with van der Waals surface area (Å²) in [5.41, 5.74) is 2.51. The van der Waals surface area contributed by atoms with Crippen molar-refractivity contribution in [2.75, 3.05) is 13.7 Å². The molecule has 0 spiro atoms. The topological polar surface area (TPSA) is 73.9 Å². The van der Waals surface area contributed by atoms with Crippen LogP contribution in [0.2, 0.25) is 0 Å². The molecule has 1 unspecified atom stereocenters. The monoisotopic (exact) mass is 369 g/mol. The highest BCUT2D eigenvalue weighted by Gasteiger charge is 2.23. The van der Waals surface area contributed by atoms with Gasteiger partial charge in [-0.1, -0.05) is 46.9 Å². The number of benzene rings is 1. The fourth-order valence-electron chi connectivity index (χ4n) is 1.39. The van der Waals surface area contributed by atoms with Crippen LogP contribution in [0.25, 0.3) is 0 Å². The van der Waals surface area contributed by atoms with Crippen molar-refractivity contribution in [2.45, 2.75) is 16.6 Å². The van der Waals surface area contributed by atoms with Crippen molar-refractivity contribution in [3.05, 3.63) is 29.8 Å². The summed E-state index contributed by atoms with van der Waals surface area (Å²) in [5.74, 6) is -0.604. The van der Waals surface area contributed by atoms with Gasteiger partial charge >= 0.3 is 12.1 Å². The van der Waals surface area contributed by atoms with Gasteiger partial charge in [0.1, 0.15) is 12.4 Å². The minimum Gasteiger partial charge on any atom is -0.497 e. The largest absolute Gasteiger partial charge is 0.497 e. The van der Waals surface area contributed by atoms with E-state index in [0.717, 1.165) is 0 Å². The van der Waals surface area contributed by atoms with Crippen molar-refractivity contribution >= 4 is 46.9 Å². The summed E-state index contributed by atoms with van der Waals surface area (Å²) in [6.45, 7) is 1.15. The molecule has 0 saturated heterocycles. The predicted molar refractivity (Wildman–Crippen MR) is 82.3 cm³/mol. The summed E-state index contributed by atoms with van der Waals surface area (Å²) in [5, 5.41) is 0. The molecule has 122 valence electrons. The number of nitrogens with one attached hydrogen (secondary N) is 1. The van der Waals surface area contributed by atoms with Gasteiger partial charge in [0.2, 0.25) is 3.79 Å². The number of rotatable bonds is 4. The standard InChI is InChI=1S/C13H14Cl3NO5/c1-8(9-3-5-10(20-2)6-4-9)11(18)22-17-12(19)21-7-13(14,15)16/h3-6,8H,7H2,1-2H3,(H,17,19). The summed E-state index contributed by atoms with van der Waals surface area (Å²) in [6.07, 6.45) is -1.04. The second-order valence-corrected chi connectivity index (χ2v) is 6.73. The maximum atomic E-state index is 11.8. The number of carbonyl (C=O) groups is 2. The average Bonchev–Trinajstić information content (AvgIpc) is 2.49. The quantitative estimate of drug-likeness (QED) is 0.650. The second-order valence-electron chi connectivity index (χ2n) is 4.21. The smallest absolute Gasteiger partial charge is 0.440 e. The molecule has 0 fully saturated rings. The van der Waals surface area contributed by atoms with Crippen LogP contribution in [0, 0.1) is 0 Å². The number of alkyl halides is 3. The SMILES string of the molecule is COc1ccc(C(C)C(=O)ONC(=O)OCC(Cl)(Cl)Cl)cc1. The van der Waals surface area contributed by atoms with Crippen molar-refractivity contribution in [2.24, 2.45) is 0 Å². The summed E-state index contributed by atoms with van der Waals surface area (Å²) in [6, 6.07) is 6.85. The van der Waals surface area contributed by atoms with E-state index in [0.29, 0.717) is 11.3 Å². The lowest BCUT2D eigenvalue weighted by atomic mass is 10.0. The molecule has 9 heteroatoms. The molecule has 1 amide bonds. The first-order valence-corrected chi connectivity index (χ1v) is 7.20. The maximum Gasteiger partial charge on any atom is 0.440 e. The zero-order valence-electron chi connectivity index (χ0n) is 11.8. The van der Waals surface area contributed by atoms with Crippen molar-refractivity contribution in [3.8, 4) is 5.75 Å². The van der Waals surface area contributed by atoms with E-state index >= 15 is 0 Å². The van der Waals surface area contributed by atoms with Gasteiger partial charge in [-0.2, -0.15) is 0 Å². The lowest BCUT2D eigenvalue weighted by molar-refractivity contribution is -0.151. The Morgan fingerprint density at radius 3 is 2.32 bits per heavy atom. The number of hydroxylamine groups is 1. The molecule has 0 radical (unpaired) electrons. The van der Waals surface area contributed by atoms with E-state index in [4.69, 9.17) is 39.5 Å². The van der Waals surface area contributed by atoms with Crippen molar-refractivity contribution in [1.29, 1.82) is 0 Å². The molecule has 0 aromatic heterocycles. The van der Waals surface area contributed by atoms with Gasteiger partial charge in [0.15, 0.2) is 0 Å². The normalized spacial score (nSPS) is 12.2. The van der Waals surface area contributed by atoms with E-state index in [2.05, 4.69) is 9.57 Å². The second kappa shape index (κ2) is 8.31. The van der Waals surface area contributed by atoms with Gasteiger partial charge in [-0.3, -0.25) is 0 Å². The molecule has 0 aliphatic carbocycles. The molecule has 0 saturated carbocycles. The number of carbonyl (C=O) groups excluding carboxylic acids is 2. The third kappa shape index (κ3) is 6.60. The molecule has 1 atom stereocenters. The van der Waals surface area contributed by atoms with Crippen LogP contribution in [0.15, 0.2) is 24.3 Å². The van der Waals surface area contributed by atoms with Gasteiger partial charge in [0.05, 0.1) is 13.0 Å². The molecule has 1 rings (SSSR count). The molecular weight excluding hydrogens is 357 g/mol. The highest BCUT2D eigenvalue weighted by atomic mass is 35.6. The number of methoxy groups -OCH3 is 1. The Bertz CT molecular complexity index is 515. The van der Waals surface area contributed by atoms with Crippen LogP contribution in [-0.4, -0.2) is 29.6 Å². The van der Waals surface area contributed by atoms with E-state index in [1.54, 1.807) is 38.3 Å². The molecule has 0 bridgehead atoms. The molecule has 0 aliphatic heterocycles. The number of amides is 1. The van der Waals surface area contributed by atoms with E-state index in [9.17, 15) is 9.59 Å². The molecule has 0 aliphatic rings. The first-order chi connectivity index (χ1) is 10.2. The molecule has 6 nitrogen and oxygen atoms in total. The fraction of sp³-hybridized carbons (Fsp3) is 0.385. The lowest BCUT2D eigenvalue weighted by Gasteiger charge is -2.14. The Balaban J connectivity index is 2.45. The Hall–Kier alpha value is -1.37. The van der Waals surface area contributed by atoms with Gasteiger partial charge < -0.3 is 14.3 Å². The number of halogens is 3. The van der Waals surface area contributed by atoms with E-state index in [-0.39, 0.29) is 0 Å². The third-order valence-electron chi connectivity index (χ3n) is 2.57. The van der Waals surface area contributed by atoms with E-state index < -0.39 is 28.4 Å². The summed E-state index contributed by atoms with van der Waals surface area (Å²) in [7, 11) is 1.54. The molecular formula is C13H14Cl3NO5. The van der Waals surface area contributed by atoms with Gasteiger partial charge in [-0.25, -0.2) is 9.59 Å². The number of ether oxygens (including phenoxy) is 2.